The summed E-state index contributed by atoms with van der Waals surface area (Å²) in [7, 11) is 0. The van der Waals surface area contributed by atoms with Crippen molar-refractivity contribution in [2.45, 2.75) is 12.1 Å². The predicted octanol–water partition coefficient (Wildman–Crippen LogP) is 4.45. The highest BCUT2D eigenvalue weighted by atomic mass is 35.5. The lowest BCUT2D eigenvalue weighted by Gasteiger charge is -2.29. The number of nitrogens with zero attached hydrogens (tertiary/aromatic N) is 4. The number of halogens is 2. The van der Waals surface area contributed by atoms with Crippen LogP contribution in [0.25, 0.3) is 0 Å². The molecule has 1 aliphatic heterocycles. The molecule has 2 atom stereocenters. The van der Waals surface area contributed by atoms with Crippen LogP contribution in [-0.2, 0) is 0 Å². The van der Waals surface area contributed by atoms with Gasteiger partial charge in [-0.05, 0) is 35.4 Å². The van der Waals surface area contributed by atoms with E-state index in [1.807, 2.05) is 24.3 Å². The van der Waals surface area contributed by atoms with Gasteiger partial charge in [0.1, 0.15) is 0 Å². The van der Waals surface area contributed by atoms with E-state index in [0.717, 1.165) is 0 Å². The molecule has 1 heterocycles. The van der Waals surface area contributed by atoms with Gasteiger partial charge in [-0.25, -0.2) is 0 Å². The van der Waals surface area contributed by atoms with E-state index in [4.69, 9.17) is 23.2 Å². The number of benzene rings is 2. The van der Waals surface area contributed by atoms with Crippen LogP contribution in [0.1, 0.15) is 23.2 Å². The lowest BCUT2D eigenvalue weighted by atomic mass is 9.61. The van der Waals surface area contributed by atoms with Crippen LogP contribution in [0.5, 0.6) is 0 Å². The summed E-state index contributed by atoms with van der Waals surface area (Å²) < 4.78 is 0. The minimum Gasteiger partial charge on any atom is -0.298 e. The maximum Gasteiger partial charge on any atom is 0.196 e. The zero-order valence-electron chi connectivity index (χ0n) is 13.8. The molecule has 2 aromatic rings. The molecule has 27 heavy (non-hydrogen) atoms. The highest BCUT2D eigenvalue weighted by Crippen LogP contribution is 2.60. The summed E-state index contributed by atoms with van der Waals surface area (Å²) in [6.45, 7) is 0. The molecule has 0 spiro atoms. The Morgan fingerprint density at radius 3 is 1.37 bits per heavy atom. The average Bonchev–Trinajstić information content (AvgIpc) is 2.98. The highest BCUT2D eigenvalue weighted by molar-refractivity contribution is 6.30. The standard InChI is InChI=1S/C20H11Cl2N5/c21-15-5-1-3-13(7-15)17-19(9-23,10-24)20(11-25,12-26)18(27-17)14-4-2-6-16(22)8-14/h1-8,17-18,27H. The summed E-state index contributed by atoms with van der Waals surface area (Å²) >= 11 is 12.1. The van der Waals surface area contributed by atoms with Crippen molar-refractivity contribution in [3.8, 4) is 24.3 Å². The van der Waals surface area contributed by atoms with Crippen molar-refractivity contribution in [2.24, 2.45) is 10.8 Å². The SMILES string of the molecule is N#CC1(C#N)C(c2cccc(Cl)c2)NC(c2cccc(Cl)c2)C1(C#N)C#N. The third kappa shape index (κ3) is 2.62. The Balaban J connectivity index is 2.30. The molecule has 1 fully saturated rings. The van der Waals surface area contributed by atoms with Crippen LogP contribution in [0.15, 0.2) is 48.5 Å². The number of hydrogen-bond acceptors (Lipinski definition) is 5. The number of rotatable bonds is 2. The van der Waals surface area contributed by atoms with Gasteiger partial charge in [0.15, 0.2) is 10.8 Å². The minimum absolute atomic E-state index is 0.421. The first-order valence-corrected chi connectivity index (χ1v) is 8.65. The molecule has 2 unspecified atom stereocenters. The van der Waals surface area contributed by atoms with Gasteiger partial charge in [0.05, 0.1) is 36.4 Å². The lowest BCUT2D eigenvalue weighted by molar-refractivity contribution is 0.311. The molecule has 0 radical (unpaired) electrons. The summed E-state index contributed by atoms with van der Waals surface area (Å²) in [6.07, 6.45) is 0. The molecule has 0 aromatic heterocycles. The Morgan fingerprint density at radius 1 is 0.704 bits per heavy atom. The maximum absolute atomic E-state index is 9.96. The highest BCUT2D eigenvalue weighted by Gasteiger charge is 2.69. The van der Waals surface area contributed by atoms with E-state index in [1.165, 1.54) is 0 Å². The second-order valence-corrected chi connectivity index (χ2v) is 7.08. The fourth-order valence-corrected chi connectivity index (χ4v) is 4.00. The van der Waals surface area contributed by atoms with Crippen LogP contribution in [0.3, 0.4) is 0 Å². The Labute approximate surface area is 166 Å². The molecule has 0 amide bonds. The van der Waals surface area contributed by atoms with Crippen LogP contribution >= 0.6 is 23.2 Å². The fraction of sp³-hybridized carbons (Fsp3) is 0.200. The minimum atomic E-state index is -1.95. The molecule has 0 bridgehead atoms. The predicted molar refractivity (Wildman–Crippen MR) is 98.8 cm³/mol. The normalized spacial score (nSPS) is 22.0. The van der Waals surface area contributed by atoms with Crippen molar-refractivity contribution in [3.05, 3.63) is 69.7 Å². The lowest BCUT2D eigenvalue weighted by Crippen LogP contribution is -2.39. The van der Waals surface area contributed by atoms with Crippen molar-refractivity contribution in [3.63, 3.8) is 0 Å². The average molecular weight is 392 g/mol. The van der Waals surface area contributed by atoms with Crippen LogP contribution in [-0.4, -0.2) is 0 Å². The van der Waals surface area contributed by atoms with Crippen LogP contribution < -0.4 is 5.32 Å². The molecule has 0 saturated carbocycles. The first-order chi connectivity index (χ1) is 13.0. The van der Waals surface area contributed by atoms with Gasteiger partial charge in [-0.3, -0.25) is 5.32 Å². The Bertz CT molecular complexity index is 954. The van der Waals surface area contributed by atoms with Crippen LogP contribution in [0.4, 0.5) is 0 Å². The summed E-state index contributed by atoms with van der Waals surface area (Å²) in [6, 6.07) is 19.4. The Kier molecular flexibility index (Phi) is 4.80. The smallest absolute Gasteiger partial charge is 0.196 e. The zero-order chi connectivity index (χ0) is 19.7. The number of nitriles is 4. The molecule has 5 nitrogen and oxygen atoms in total. The third-order valence-corrected chi connectivity index (χ3v) is 5.36. The van der Waals surface area contributed by atoms with Gasteiger partial charge in [-0.2, -0.15) is 21.0 Å². The van der Waals surface area contributed by atoms with Gasteiger partial charge in [0.25, 0.3) is 0 Å². The summed E-state index contributed by atoms with van der Waals surface area (Å²) in [4.78, 5) is 0. The molecule has 2 aromatic carbocycles. The van der Waals surface area contributed by atoms with E-state index in [-0.39, 0.29) is 0 Å². The topological polar surface area (TPSA) is 107 Å². The molecule has 7 heteroatoms. The summed E-state index contributed by atoms with van der Waals surface area (Å²) in [5, 5.41) is 43.8. The zero-order valence-corrected chi connectivity index (χ0v) is 15.3. The number of nitrogens with one attached hydrogen (secondary N) is 1. The van der Waals surface area contributed by atoms with E-state index in [2.05, 4.69) is 5.32 Å². The van der Waals surface area contributed by atoms with Gasteiger partial charge in [-0.1, -0.05) is 47.5 Å². The van der Waals surface area contributed by atoms with E-state index >= 15 is 0 Å². The van der Waals surface area contributed by atoms with Gasteiger partial charge < -0.3 is 0 Å². The largest absolute Gasteiger partial charge is 0.298 e. The first-order valence-electron chi connectivity index (χ1n) is 7.90. The molecule has 1 saturated heterocycles. The number of hydrogen-bond donors (Lipinski definition) is 1. The van der Waals surface area contributed by atoms with Crippen molar-refractivity contribution >= 4 is 23.2 Å². The second-order valence-electron chi connectivity index (χ2n) is 6.21. The van der Waals surface area contributed by atoms with Crippen LogP contribution in [0.2, 0.25) is 10.0 Å². The van der Waals surface area contributed by atoms with Gasteiger partial charge in [0, 0.05) is 10.0 Å². The molecule has 3 rings (SSSR count). The van der Waals surface area contributed by atoms with Crippen molar-refractivity contribution in [2.75, 3.05) is 0 Å². The van der Waals surface area contributed by atoms with Crippen molar-refractivity contribution < 1.29 is 0 Å². The quantitative estimate of drug-likeness (QED) is 0.813. The molecular weight excluding hydrogens is 381 g/mol. The first kappa shape index (κ1) is 18.7. The van der Waals surface area contributed by atoms with Gasteiger partial charge in [0.2, 0.25) is 0 Å². The molecule has 130 valence electrons. The van der Waals surface area contributed by atoms with Crippen molar-refractivity contribution in [1.29, 1.82) is 21.0 Å². The maximum atomic E-state index is 9.96. The van der Waals surface area contributed by atoms with Gasteiger partial charge in [-0.15, -0.1) is 0 Å². The third-order valence-electron chi connectivity index (χ3n) is 4.89. The van der Waals surface area contributed by atoms with E-state index in [1.54, 1.807) is 48.5 Å². The van der Waals surface area contributed by atoms with Crippen LogP contribution in [0, 0.1) is 56.2 Å². The second kappa shape index (κ2) is 6.92. The summed E-state index contributed by atoms with van der Waals surface area (Å²) in [5.41, 5.74) is -2.81. The molecule has 1 N–H and O–H groups in total. The monoisotopic (exact) mass is 391 g/mol. The summed E-state index contributed by atoms with van der Waals surface area (Å²) in [5.74, 6) is 0. The Morgan fingerprint density at radius 2 is 1.07 bits per heavy atom. The molecule has 0 aliphatic carbocycles. The molecule has 1 aliphatic rings. The fourth-order valence-electron chi connectivity index (χ4n) is 3.60. The van der Waals surface area contributed by atoms with Gasteiger partial charge >= 0.3 is 0 Å². The van der Waals surface area contributed by atoms with E-state index < -0.39 is 22.9 Å². The van der Waals surface area contributed by atoms with E-state index in [0.29, 0.717) is 21.2 Å². The Hall–Kier alpha value is -3.06. The molecular formula is C20H11Cl2N5. The van der Waals surface area contributed by atoms with E-state index in [9.17, 15) is 21.0 Å². The van der Waals surface area contributed by atoms with Crippen molar-refractivity contribution in [1.82, 2.24) is 5.32 Å².